The second kappa shape index (κ2) is 5.50. The second-order valence-electron chi connectivity index (χ2n) is 3.89. The molecule has 3 heteroatoms. The number of unbranched alkanes of at least 4 members (excludes halogenated alkanes) is 1. The third-order valence-electron chi connectivity index (χ3n) is 2.70. The van der Waals surface area contributed by atoms with Crippen LogP contribution in [0.1, 0.15) is 36.6 Å². The summed E-state index contributed by atoms with van der Waals surface area (Å²) in [6, 6.07) is 2.09. The SMILES string of the molecule is CCCCn1c(C)cc(C)c(CBr)c1=O. The van der Waals surface area contributed by atoms with E-state index >= 15 is 0 Å². The van der Waals surface area contributed by atoms with E-state index < -0.39 is 0 Å². The van der Waals surface area contributed by atoms with Crippen molar-refractivity contribution in [1.29, 1.82) is 0 Å². The van der Waals surface area contributed by atoms with Crippen LogP contribution in [-0.2, 0) is 11.9 Å². The Bertz CT molecular complexity index is 395. The van der Waals surface area contributed by atoms with Crippen molar-refractivity contribution in [3.8, 4) is 0 Å². The quantitative estimate of drug-likeness (QED) is 0.772. The van der Waals surface area contributed by atoms with Gasteiger partial charge in [0.05, 0.1) is 0 Å². The zero-order valence-electron chi connectivity index (χ0n) is 9.64. The molecule has 1 aromatic rings. The molecule has 0 aromatic carbocycles. The van der Waals surface area contributed by atoms with Gasteiger partial charge in [0, 0.05) is 23.1 Å². The first-order valence-electron chi connectivity index (χ1n) is 5.37. The molecule has 0 amide bonds. The van der Waals surface area contributed by atoms with E-state index in [1.165, 1.54) is 0 Å². The lowest BCUT2D eigenvalue weighted by molar-refractivity contribution is 0.595. The molecule has 0 radical (unpaired) electrons. The number of aryl methyl sites for hydroxylation is 2. The van der Waals surface area contributed by atoms with E-state index in [1.54, 1.807) is 0 Å². The summed E-state index contributed by atoms with van der Waals surface area (Å²) in [5, 5.41) is 0.643. The molecule has 0 saturated heterocycles. The predicted molar refractivity (Wildman–Crippen MR) is 67.7 cm³/mol. The largest absolute Gasteiger partial charge is 0.313 e. The average Bonchev–Trinajstić information content (AvgIpc) is 2.17. The molecular formula is C12H18BrNO. The van der Waals surface area contributed by atoms with Crippen LogP contribution in [-0.4, -0.2) is 4.57 Å². The number of pyridine rings is 1. The second-order valence-corrected chi connectivity index (χ2v) is 4.45. The Hall–Kier alpha value is -0.570. The molecule has 0 spiro atoms. The van der Waals surface area contributed by atoms with Crippen molar-refractivity contribution < 1.29 is 0 Å². The lowest BCUT2D eigenvalue weighted by Crippen LogP contribution is -2.26. The summed E-state index contributed by atoms with van der Waals surface area (Å²) in [4.78, 5) is 12.1. The number of alkyl halides is 1. The molecule has 0 atom stereocenters. The zero-order chi connectivity index (χ0) is 11.4. The summed E-state index contributed by atoms with van der Waals surface area (Å²) in [5.74, 6) is 0. The number of hydrogen-bond donors (Lipinski definition) is 0. The molecule has 1 rings (SSSR count). The van der Waals surface area contributed by atoms with Crippen molar-refractivity contribution in [2.45, 2.75) is 45.5 Å². The molecule has 84 valence electrons. The van der Waals surface area contributed by atoms with Crippen molar-refractivity contribution in [2.75, 3.05) is 0 Å². The first-order chi connectivity index (χ1) is 7.11. The lowest BCUT2D eigenvalue weighted by Gasteiger charge is -2.12. The van der Waals surface area contributed by atoms with Crippen LogP contribution in [0.3, 0.4) is 0 Å². The van der Waals surface area contributed by atoms with Crippen molar-refractivity contribution in [3.05, 3.63) is 33.2 Å². The molecule has 0 aliphatic carbocycles. The van der Waals surface area contributed by atoms with Crippen LogP contribution in [0.15, 0.2) is 10.9 Å². The van der Waals surface area contributed by atoms with Crippen LogP contribution in [0, 0.1) is 13.8 Å². The van der Waals surface area contributed by atoms with Crippen molar-refractivity contribution in [3.63, 3.8) is 0 Å². The van der Waals surface area contributed by atoms with Gasteiger partial charge < -0.3 is 4.57 Å². The Morgan fingerprint density at radius 2 is 2.07 bits per heavy atom. The number of rotatable bonds is 4. The zero-order valence-corrected chi connectivity index (χ0v) is 11.2. The Balaban J connectivity index is 3.20. The predicted octanol–water partition coefficient (Wildman–Crippen LogP) is 3.16. The van der Waals surface area contributed by atoms with Gasteiger partial charge in [0.15, 0.2) is 0 Å². The minimum absolute atomic E-state index is 0.165. The maximum absolute atomic E-state index is 12.1. The van der Waals surface area contributed by atoms with E-state index in [-0.39, 0.29) is 5.56 Å². The fourth-order valence-electron chi connectivity index (χ4n) is 1.73. The maximum atomic E-state index is 12.1. The summed E-state index contributed by atoms with van der Waals surface area (Å²) in [5.41, 5.74) is 3.20. The summed E-state index contributed by atoms with van der Waals surface area (Å²) < 4.78 is 1.88. The van der Waals surface area contributed by atoms with Crippen LogP contribution in [0.2, 0.25) is 0 Å². The van der Waals surface area contributed by atoms with Crippen molar-refractivity contribution >= 4 is 15.9 Å². The molecule has 0 aliphatic rings. The maximum Gasteiger partial charge on any atom is 0.255 e. The molecule has 1 heterocycles. The Labute approximate surface area is 99.4 Å². The van der Waals surface area contributed by atoms with E-state index in [2.05, 4.69) is 28.9 Å². The number of halogens is 1. The van der Waals surface area contributed by atoms with Gasteiger partial charge in [0.25, 0.3) is 5.56 Å². The van der Waals surface area contributed by atoms with Crippen LogP contribution < -0.4 is 5.56 Å². The Morgan fingerprint density at radius 1 is 1.40 bits per heavy atom. The lowest BCUT2D eigenvalue weighted by atomic mass is 10.1. The molecule has 2 nitrogen and oxygen atoms in total. The molecule has 0 aliphatic heterocycles. The highest BCUT2D eigenvalue weighted by molar-refractivity contribution is 9.08. The molecule has 0 fully saturated rings. The fourth-order valence-corrected chi connectivity index (χ4v) is 2.41. The van der Waals surface area contributed by atoms with Gasteiger partial charge in [-0.05, 0) is 31.9 Å². The normalized spacial score (nSPS) is 10.7. The van der Waals surface area contributed by atoms with Gasteiger partial charge in [-0.3, -0.25) is 4.79 Å². The minimum Gasteiger partial charge on any atom is -0.313 e. The molecule has 0 bridgehead atoms. The Morgan fingerprint density at radius 3 is 2.60 bits per heavy atom. The van der Waals surface area contributed by atoms with Gasteiger partial charge in [-0.1, -0.05) is 29.3 Å². The highest BCUT2D eigenvalue weighted by Gasteiger charge is 2.08. The monoisotopic (exact) mass is 271 g/mol. The molecular weight excluding hydrogens is 254 g/mol. The summed E-state index contributed by atoms with van der Waals surface area (Å²) in [7, 11) is 0. The van der Waals surface area contributed by atoms with E-state index in [9.17, 15) is 4.79 Å². The average molecular weight is 272 g/mol. The van der Waals surface area contributed by atoms with Gasteiger partial charge in [0.1, 0.15) is 0 Å². The van der Waals surface area contributed by atoms with Crippen molar-refractivity contribution in [1.82, 2.24) is 4.57 Å². The third-order valence-corrected chi connectivity index (χ3v) is 3.26. The topological polar surface area (TPSA) is 22.0 Å². The Kier molecular flexibility index (Phi) is 4.58. The van der Waals surface area contributed by atoms with Gasteiger partial charge in [0.2, 0.25) is 0 Å². The first-order valence-corrected chi connectivity index (χ1v) is 6.49. The van der Waals surface area contributed by atoms with Crippen LogP contribution in [0.4, 0.5) is 0 Å². The summed E-state index contributed by atoms with van der Waals surface area (Å²) in [6.07, 6.45) is 2.18. The molecule has 15 heavy (non-hydrogen) atoms. The highest BCUT2D eigenvalue weighted by Crippen LogP contribution is 2.10. The smallest absolute Gasteiger partial charge is 0.255 e. The van der Waals surface area contributed by atoms with Gasteiger partial charge in [-0.2, -0.15) is 0 Å². The third kappa shape index (κ3) is 2.71. The van der Waals surface area contributed by atoms with Crippen molar-refractivity contribution in [2.24, 2.45) is 0 Å². The van der Waals surface area contributed by atoms with Crippen LogP contribution >= 0.6 is 15.9 Å². The van der Waals surface area contributed by atoms with Gasteiger partial charge >= 0.3 is 0 Å². The first kappa shape index (κ1) is 12.5. The van der Waals surface area contributed by atoms with Crippen LogP contribution in [0.25, 0.3) is 0 Å². The standard InChI is InChI=1S/C12H18BrNO/c1-4-5-6-14-10(3)7-9(2)11(8-13)12(14)15/h7H,4-6,8H2,1-3H3. The van der Waals surface area contributed by atoms with Crippen LogP contribution in [0.5, 0.6) is 0 Å². The molecule has 0 unspecified atom stereocenters. The fraction of sp³-hybridized carbons (Fsp3) is 0.583. The highest BCUT2D eigenvalue weighted by atomic mass is 79.9. The number of nitrogens with zero attached hydrogens (tertiary/aromatic N) is 1. The number of hydrogen-bond acceptors (Lipinski definition) is 1. The summed E-state index contributed by atoms with van der Waals surface area (Å²) in [6.45, 7) is 6.97. The van der Waals surface area contributed by atoms with E-state index in [1.807, 2.05) is 18.4 Å². The summed E-state index contributed by atoms with van der Waals surface area (Å²) >= 11 is 3.37. The van der Waals surface area contributed by atoms with Gasteiger partial charge in [-0.25, -0.2) is 0 Å². The molecule has 1 aromatic heterocycles. The molecule has 0 N–H and O–H groups in total. The number of aromatic nitrogens is 1. The van der Waals surface area contributed by atoms with E-state index in [0.717, 1.165) is 36.2 Å². The minimum atomic E-state index is 0.165. The van der Waals surface area contributed by atoms with E-state index in [0.29, 0.717) is 5.33 Å². The molecule has 0 saturated carbocycles. The van der Waals surface area contributed by atoms with Gasteiger partial charge in [-0.15, -0.1) is 0 Å². The van der Waals surface area contributed by atoms with E-state index in [4.69, 9.17) is 0 Å².